The molecule has 1 saturated heterocycles. The van der Waals surface area contributed by atoms with Crippen LogP contribution in [0.4, 0.5) is 4.39 Å². The van der Waals surface area contributed by atoms with E-state index in [9.17, 15) is 14.0 Å². The molecule has 28 heavy (non-hydrogen) atoms. The smallest absolute Gasteiger partial charge is 0.254 e. The van der Waals surface area contributed by atoms with Gasteiger partial charge in [0, 0.05) is 18.7 Å². The lowest BCUT2D eigenvalue weighted by molar-refractivity contribution is -0.124. The van der Waals surface area contributed by atoms with Gasteiger partial charge in [-0.1, -0.05) is 12.1 Å². The zero-order chi connectivity index (χ0) is 19.5. The summed E-state index contributed by atoms with van der Waals surface area (Å²) in [4.78, 5) is 27.1. The highest BCUT2D eigenvalue weighted by atomic mass is 19.1. The Balaban J connectivity index is 1.36. The Hall–Kier alpha value is -3.09. The molecule has 1 fully saturated rings. The first kappa shape index (κ1) is 18.3. The van der Waals surface area contributed by atoms with Crippen LogP contribution in [-0.4, -0.2) is 42.6 Å². The number of nitrogens with one attached hydrogen (secondary N) is 1. The Labute approximate surface area is 162 Å². The average Bonchev–Trinajstić information content (AvgIpc) is 3.37. The second-order valence-corrected chi connectivity index (χ2v) is 6.89. The second-order valence-electron chi connectivity index (χ2n) is 6.89. The number of amides is 2. The van der Waals surface area contributed by atoms with Crippen molar-refractivity contribution < 1.29 is 23.5 Å². The number of halogens is 1. The maximum Gasteiger partial charge on any atom is 0.254 e. The first-order valence-corrected chi connectivity index (χ1v) is 9.34. The lowest BCUT2D eigenvalue weighted by Gasteiger charge is -2.24. The van der Waals surface area contributed by atoms with Gasteiger partial charge in [0.15, 0.2) is 11.5 Å². The lowest BCUT2D eigenvalue weighted by Crippen LogP contribution is -2.46. The minimum atomic E-state index is -0.480. The minimum absolute atomic E-state index is 0.149. The average molecular weight is 384 g/mol. The second kappa shape index (κ2) is 7.88. The van der Waals surface area contributed by atoms with Gasteiger partial charge in [-0.05, 0) is 55.2 Å². The van der Waals surface area contributed by atoms with Crippen LogP contribution in [-0.2, 0) is 11.2 Å². The van der Waals surface area contributed by atoms with Crippen molar-refractivity contribution in [1.29, 1.82) is 0 Å². The van der Waals surface area contributed by atoms with Gasteiger partial charge in [-0.15, -0.1) is 0 Å². The monoisotopic (exact) mass is 384 g/mol. The molecule has 146 valence electrons. The third-order valence-corrected chi connectivity index (χ3v) is 5.06. The third kappa shape index (κ3) is 3.78. The minimum Gasteiger partial charge on any atom is -0.454 e. The van der Waals surface area contributed by atoms with Crippen molar-refractivity contribution >= 4 is 11.8 Å². The molecule has 2 aliphatic heterocycles. The van der Waals surface area contributed by atoms with Crippen LogP contribution in [0.5, 0.6) is 11.5 Å². The van der Waals surface area contributed by atoms with Crippen molar-refractivity contribution in [2.24, 2.45) is 0 Å². The molecule has 0 saturated carbocycles. The summed E-state index contributed by atoms with van der Waals surface area (Å²) in [6, 6.07) is 10.8. The highest BCUT2D eigenvalue weighted by molar-refractivity contribution is 5.98. The Morgan fingerprint density at radius 1 is 1.11 bits per heavy atom. The summed E-state index contributed by atoms with van der Waals surface area (Å²) in [7, 11) is 0. The summed E-state index contributed by atoms with van der Waals surface area (Å²) < 4.78 is 23.6. The van der Waals surface area contributed by atoms with E-state index >= 15 is 0 Å². The molecule has 7 heteroatoms. The van der Waals surface area contributed by atoms with Gasteiger partial charge in [0.2, 0.25) is 12.7 Å². The number of hydrogen-bond acceptors (Lipinski definition) is 4. The van der Waals surface area contributed by atoms with Crippen LogP contribution < -0.4 is 14.8 Å². The van der Waals surface area contributed by atoms with Crippen LogP contribution in [0.3, 0.4) is 0 Å². The number of likely N-dealkylation sites (tertiary alicyclic amines) is 1. The summed E-state index contributed by atoms with van der Waals surface area (Å²) >= 11 is 0. The number of hydrogen-bond donors (Lipinski definition) is 1. The maximum atomic E-state index is 13.0. The molecule has 6 nitrogen and oxygen atoms in total. The van der Waals surface area contributed by atoms with Crippen LogP contribution >= 0.6 is 0 Å². The van der Waals surface area contributed by atoms with E-state index in [0.717, 1.165) is 12.0 Å². The Kier molecular flexibility index (Phi) is 5.14. The Bertz CT molecular complexity index is 884. The highest BCUT2D eigenvalue weighted by Crippen LogP contribution is 2.33. The van der Waals surface area contributed by atoms with E-state index in [0.29, 0.717) is 43.0 Å². The van der Waals surface area contributed by atoms with Crippen LogP contribution in [0.1, 0.15) is 28.8 Å². The van der Waals surface area contributed by atoms with Crippen molar-refractivity contribution in [3.05, 3.63) is 59.4 Å². The topological polar surface area (TPSA) is 67.9 Å². The van der Waals surface area contributed by atoms with Crippen molar-refractivity contribution in [1.82, 2.24) is 10.2 Å². The van der Waals surface area contributed by atoms with E-state index in [-0.39, 0.29) is 24.4 Å². The normalized spacial score (nSPS) is 17.6. The summed E-state index contributed by atoms with van der Waals surface area (Å²) in [6.45, 7) is 1.13. The van der Waals surface area contributed by atoms with Crippen LogP contribution in [0.25, 0.3) is 0 Å². The molecular weight excluding hydrogens is 363 g/mol. The first-order chi connectivity index (χ1) is 13.6. The van der Waals surface area contributed by atoms with E-state index < -0.39 is 6.04 Å². The van der Waals surface area contributed by atoms with Crippen molar-refractivity contribution in [2.75, 3.05) is 19.9 Å². The van der Waals surface area contributed by atoms with Gasteiger partial charge < -0.3 is 19.7 Å². The predicted molar refractivity (Wildman–Crippen MR) is 99.7 cm³/mol. The fourth-order valence-electron chi connectivity index (χ4n) is 3.58. The van der Waals surface area contributed by atoms with Crippen molar-refractivity contribution in [3.8, 4) is 11.5 Å². The molecular formula is C21H21FN2O4. The molecule has 0 aliphatic carbocycles. The van der Waals surface area contributed by atoms with E-state index in [1.807, 2.05) is 0 Å². The fourth-order valence-corrected chi connectivity index (χ4v) is 3.58. The van der Waals surface area contributed by atoms with Gasteiger partial charge in [0.25, 0.3) is 5.91 Å². The Morgan fingerprint density at radius 2 is 1.89 bits per heavy atom. The predicted octanol–water partition coefficient (Wildman–Crippen LogP) is 2.52. The largest absolute Gasteiger partial charge is 0.454 e. The van der Waals surface area contributed by atoms with Crippen LogP contribution in [0.15, 0.2) is 42.5 Å². The molecule has 2 aromatic rings. The molecule has 4 rings (SSSR count). The summed E-state index contributed by atoms with van der Waals surface area (Å²) in [5.74, 6) is 0.540. The zero-order valence-electron chi connectivity index (χ0n) is 15.3. The summed E-state index contributed by atoms with van der Waals surface area (Å²) in [5, 5.41) is 2.89. The van der Waals surface area contributed by atoms with Gasteiger partial charge in [-0.2, -0.15) is 0 Å². The lowest BCUT2D eigenvalue weighted by atomic mass is 10.1. The van der Waals surface area contributed by atoms with Crippen molar-refractivity contribution in [3.63, 3.8) is 0 Å². The Morgan fingerprint density at radius 3 is 2.71 bits per heavy atom. The summed E-state index contributed by atoms with van der Waals surface area (Å²) in [6.07, 6.45) is 2.03. The molecule has 0 radical (unpaired) electrons. The highest BCUT2D eigenvalue weighted by Gasteiger charge is 2.34. The number of carbonyl (C=O) groups excluding carboxylic acids is 2. The van der Waals surface area contributed by atoms with E-state index in [2.05, 4.69) is 5.32 Å². The zero-order valence-corrected chi connectivity index (χ0v) is 15.3. The molecule has 0 aromatic heterocycles. The van der Waals surface area contributed by atoms with E-state index in [1.54, 1.807) is 35.2 Å². The van der Waals surface area contributed by atoms with Gasteiger partial charge in [-0.25, -0.2) is 4.39 Å². The molecule has 1 atom stereocenters. The molecule has 0 spiro atoms. The number of nitrogens with zero attached hydrogens (tertiary/aromatic N) is 1. The first-order valence-electron chi connectivity index (χ1n) is 9.34. The molecule has 2 aliphatic rings. The number of rotatable bonds is 5. The molecule has 0 bridgehead atoms. The molecule has 2 aromatic carbocycles. The number of fused-ring (bicyclic) bond motifs is 1. The van der Waals surface area contributed by atoms with E-state index in [4.69, 9.17) is 9.47 Å². The molecule has 2 amide bonds. The van der Waals surface area contributed by atoms with Gasteiger partial charge >= 0.3 is 0 Å². The number of carbonyl (C=O) groups is 2. The van der Waals surface area contributed by atoms with E-state index in [1.165, 1.54) is 12.1 Å². The SMILES string of the molecule is O=C(NCCc1ccc(F)cc1)[C@@H]1CCCN1C(=O)c1ccc2c(c1)OCO2. The molecule has 2 heterocycles. The van der Waals surface area contributed by atoms with Crippen LogP contribution in [0, 0.1) is 5.82 Å². The van der Waals surface area contributed by atoms with Crippen molar-refractivity contribution in [2.45, 2.75) is 25.3 Å². The standard InChI is InChI=1S/C21H21FN2O4/c22-16-6-3-14(4-7-16)9-10-23-20(25)17-2-1-11-24(17)21(26)15-5-8-18-19(12-15)28-13-27-18/h3-8,12,17H,1-2,9-11,13H2,(H,23,25)/t17-/m0/s1. The van der Waals surface area contributed by atoms with Crippen LogP contribution in [0.2, 0.25) is 0 Å². The van der Waals surface area contributed by atoms with Gasteiger partial charge in [-0.3, -0.25) is 9.59 Å². The number of benzene rings is 2. The summed E-state index contributed by atoms with van der Waals surface area (Å²) in [5.41, 5.74) is 1.43. The van der Waals surface area contributed by atoms with Gasteiger partial charge in [0.1, 0.15) is 11.9 Å². The molecule has 0 unspecified atom stereocenters. The van der Waals surface area contributed by atoms with Gasteiger partial charge in [0.05, 0.1) is 0 Å². The fraction of sp³-hybridized carbons (Fsp3) is 0.333. The maximum absolute atomic E-state index is 13.0. The number of ether oxygens (including phenoxy) is 2. The molecule has 1 N–H and O–H groups in total. The quantitative estimate of drug-likeness (QED) is 0.860. The third-order valence-electron chi connectivity index (χ3n) is 5.06.